The lowest BCUT2D eigenvalue weighted by molar-refractivity contribution is 0.846. The molecule has 0 saturated heterocycles. The van der Waals surface area contributed by atoms with Crippen LogP contribution < -0.4 is 11.3 Å². The third-order valence-electron chi connectivity index (χ3n) is 3.44. The molecule has 0 amide bonds. The second-order valence-corrected chi connectivity index (χ2v) is 7.02. The molecule has 0 saturated carbocycles. The second kappa shape index (κ2) is 8.39. The number of nitrogens with one attached hydrogen (secondary N) is 1. The van der Waals surface area contributed by atoms with E-state index in [1.807, 2.05) is 31.2 Å². The smallest absolute Gasteiger partial charge is 0.264 e. The van der Waals surface area contributed by atoms with Crippen molar-refractivity contribution in [2.24, 2.45) is 5.10 Å². The summed E-state index contributed by atoms with van der Waals surface area (Å²) in [6, 6.07) is 9.21. The van der Waals surface area contributed by atoms with E-state index in [0.717, 1.165) is 16.8 Å². The molecule has 10 heteroatoms. The molecule has 0 fully saturated rings. The summed E-state index contributed by atoms with van der Waals surface area (Å²) in [6.07, 6.45) is 3.41. The van der Waals surface area contributed by atoms with Crippen molar-refractivity contribution in [1.82, 2.24) is 19.9 Å². The molecule has 0 spiro atoms. The van der Waals surface area contributed by atoms with Crippen LogP contribution in [0.4, 0.5) is 5.95 Å². The number of anilines is 1. The van der Waals surface area contributed by atoms with Gasteiger partial charge in [-0.05, 0) is 36.8 Å². The van der Waals surface area contributed by atoms with Gasteiger partial charge in [0.25, 0.3) is 5.95 Å². The molecule has 7 nitrogen and oxygen atoms in total. The summed E-state index contributed by atoms with van der Waals surface area (Å²) >= 11 is 13.4. The number of aromatic nitrogens is 4. The molecule has 0 bridgehead atoms. The Balaban J connectivity index is 1.65. The minimum Gasteiger partial charge on any atom is -0.334 e. The van der Waals surface area contributed by atoms with Gasteiger partial charge in [0.05, 0.1) is 15.8 Å². The van der Waals surface area contributed by atoms with Crippen LogP contribution in [0.15, 0.2) is 53.0 Å². The number of benzene rings is 1. The maximum Gasteiger partial charge on any atom is 0.264 e. The Kier molecular flexibility index (Phi) is 5.97. The van der Waals surface area contributed by atoms with Crippen LogP contribution in [0.2, 0.25) is 10.0 Å². The molecular weight excluding hydrogens is 393 g/mol. The fourth-order valence-corrected chi connectivity index (χ4v) is 3.14. The van der Waals surface area contributed by atoms with E-state index >= 15 is 0 Å². The lowest BCUT2D eigenvalue weighted by atomic mass is 10.2. The van der Waals surface area contributed by atoms with Crippen molar-refractivity contribution in [2.75, 3.05) is 11.3 Å². The number of rotatable bonds is 6. The molecule has 3 N–H and O–H groups in total. The van der Waals surface area contributed by atoms with Gasteiger partial charge in [0.15, 0.2) is 0 Å². The summed E-state index contributed by atoms with van der Waals surface area (Å²) in [7, 11) is 0. The molecule has 2 aromatic heterocycles. The van der Waals surface area contributed by atoms with E-state index in [4.69, 9.17) is 29.0 Å². The highest BCUT2D eigenvalue weighted by Crippen LogP contribution is 2.27. The van der Waals surface area contributed by atoms with Gasteiger partial charge >= 0.3 is 0 Å². The topological polar surface area (TPSA) is 94.0 Å². The first-order chi connectivity index (χ1) is 12.5. The lowest BCUT2D eigenvalue weighted by Gasteiger charge is -2.05. The standard InChI is InChI=1S/C16H15Cl2N7S/c1-10(12-4-6-20-7-5-12)21-22-15-23-24-16(25(15)19)26-9-11-2-3-13(17)14(18)8-11/h2-8H,9,19H2,1H3,(H,22,23)/b21-10+. The van der Waals surface area contributed by atoms with Gasteiger partial charge in [-0.1, -0.05) is 41.0 Å². The first kappa shape index (κ1) is 18.5. The highest BCUT2D eigenvalue weighted by molar-refractivity contribution is 7.98. The van der Waals surface area contributed by atoms with Crippen LogP contribution in [0.5, 0.6) is 0 Å². The van der Waals surface area contributed by atoms with Crippen LogP contribution in [0.25, 0.3) is 0 Å². The number of nitrogens with two attached hydrogens (primary N) is 1. The third-order valence-corrected chi connectivity index (χ3v) is 5.19. The Labute approximate surface area is 164 Å². The maximum atomic E-state index is 6.03. The molecular formula is C16H15Cl2N7S. The predicted molar refractivity (Wildman–Crippen MR) is 106 cm³/mol. The fraction of sp³-hybridized carbons (Fsp3) is 0.125. The number of hydrazone groups is 1. The summed E-state index contributed by atoms with van der Waals surface area (Å²) in [6.45, 7) is 1.87. The molecule has 2 heterocycles. The number of thioether (sulfide) groups is 1. The van der Waals surface area contributed by atoms with E-state index in [0.29, 0.717) is 26.9 Å². The van der Waals surface area contributed by atoms with E-state index in [2.05, 4.69) is 25.7 Å². The molecule has 3 rings (SSSR count). The average Bonchev–Trinajstić information content (AvgIpc) is 3.01. The van der Waals surface area contributed by atoms with Crippen LogP contribution in [0.3, 0.4) is 0 Å². The van der Waals surface area contributed by atoms with Gasteiger partial charge in [-0.3, -0.25) is 4.98 Å². The highest BCUT2D eigenvalue weighted by Gasteiger charge is 2.10. The van der Waals surface area contributed by atoms with Crippen LogP contribution >= 0.6 is 35.0 Å². The summed E-state index contributed by atoms with van der Waals surface area (Å²) < 4.78 is 1.35. The van der Waals surface area contributed by atoms with E-state index < -0.39 is 0 Å². The predicted octanol–water partition coefficient (Wildman–Crippen LogP) is 3.82. The highest BCUT2D eigenvalue weighted by atomic mass is 35.5. The lowest BCUT2D eigenvalue weighted by Crippen LogP contribution is -2.13. The number of hydrogen-bond donors (Lipinski definition) is 2. The molecule has 3 aromatic rings. The molecule has 26 heavy (non-hydrogen) atoms. The van der Waals surface area contributed by atoms with Crippen LogP contribution in [0.1, 0.15) is 18.1 Å². The first-order valence-electron chi connectivity index (χ1n) is 7.52. The Morgan fingerprint density at radius 1 is 1.19 bits per heavy atom. The maximum absolute atomic E-state index is 6.03. The van der Waals surface area contributed by atoms with E-state index in [-0.39, 0.29) is 0 Å². The van der Waals surface area contributed by atoms with E-state index in [1.54, 1.807) is 18.5 Å². The fourth-order valence-electron chi connectivity index (χ4n) is 2.02. The molecule has 0 aliphatic heterocycles. The number of halogens is 2. The van der Waals surface area contributed by atoms with Crippen molar-refractivity contribution < 1.29 is 0 Å². The SMILES string of the molecule is C/C(=N\Nc1nnc(SCc2ccc(Cl)c(Cl)c2)n1N)c1ccncc1. The zero-order chi connectivity index (χ0) is 18.5. The third kappa shape index (κ3) is 4.46. The van der Waals surface area contributed by atoms with Gasteiger partial charge in [-0.2, -0.15) is 5.10 Å². The Bertz CT molecular complexity index is 928. The van der Waals surface area contributed by atoms with Gasteiger partial charge < -0.3 is 5.84 Å². The largest absolute Gasteiger partial charge is 0.334 e. The Hall–Kier alpha value is -2.29. The summed E-state index contributed by atoms with van der Waals surface area (Å²) in [4.78, 5) is 3.98. The molecule has 0 radical (unpaired) electrons. The van der Waals surface area contributed by atoms with E-state index in [9.17, 15) is 0 Å². The normalized spacial score (nSPS) is 11.6. The first-order valence-corrected chi connectivity index (χ1v) is 9.26. The van der Waals surface area contributed by atoms with Crippen molar-refractivity contribution in [3.05, 3.63) is 63.9 Å². The number of pyridine rings is 1. The molecule has 0 unspecified atom stereocenters. The minimum atomic E-state index is 0.343. The van der Waals surface area contributed by atoms with Crippen molar-refractivity contribution in [3.63, 3.8) is 0 Å². The quantitative estimate of drug-likeness (QED) is 0.279. The van der Waals surface area contributed by atoms with Crippen molar-refractivity contribution >= 4 is 46.6 Å². The average molecular weight is 408 g/mol. The van der Waals surface area contributed by atoms with Crippen molar-refractivity contribution in [3.8, 4) is 0 Å². The monoisotopic (exact) mass is 407 g/mol. The van der Waals surface area contributed by atoms with Crippen molar-refractivity contribution in [1.29, 1.82) is 0 Å². The molecule has 1 aromatic carbocycles. The number of hydrogen-bond acceptors (Lipinski definition) is 7. The van der Waals surface area contributed by atoms with Crippen LogP contribution in [-0.2, 0) is 5.75 Å². The van der Waals surface area contributed by atoms with Gasteiger partial charge in [0, 0.05) is 23.7 Å². The van der Waals surface area contributed by atoms with Gasteiger partial charge in [-0.25, -0.2) is 10.1 Å². The number of nitrogen functional groups attached to an aromatic ring is 1. The van der Waals surface area contributed by atoms with Gasteiger partial charge in [0.2, 0.25) is 5.16 Å². The van der Waals surface area contributed by atoms with Gasteiger partial charge in [-0.15, -0.1) is 10.2 Å². The van der Waals surface area contributed by atoms with E-state index in [1.165, 1.54) is 16.4 Å². The summed E-state index contributed by atoms with van der Waals surface area (Å²) in [5, 5.41) is 14.0. The second-order valence-electron chi connectivity index (χ2n) is 5.26. The zero-order valence-electron chi connectivity index (χ0n) is 13.7. The minimum absolute atomic E-state index is 0.343. The van der Waals surface area contributed by atoms with Gasteiger partial charge in [0.1, 0.15) is 0 Å². The number of nitrogens with zero attached hydrogens (tertiary/aromatic N) is 5. The molecule has 0 aliphatic carbocycles. The molecule has 0 aliphatic rings. The van der Waals surface area contributed by atoms with Crippen molar-refractivity contribution in [2.45, 2.75) is 17.8 Å². The molecule has 134 valence electrons. The molecule has 0 atom stereocenters. The zero-order valence-corrected chi connectivity index (χ0v) is 16.1. The Morgan fingerprint density at radius 3 is 2.69 bits per heavy atom. The van der Waals surface area contributed by atoms with Crippen LogP contribution in [-0.4, -0.2) is 25.6 Å². The summed E-state index contributed by atoms with van der Waals surface area (Å²) in [5.74, 6) is 7.00. The van der Waals surface area contributed by atoms with Crippen LogP contribution in [0, 0.1) is 0 Å². The summed E-state index contributed by atoms with van der Waals surface area (Å²) in [5.41, 5.74) is 5.56. The Morgan fingerprint density at radius 2 is 1.96 bits per heavy atom.